The molecular formula is C30H31F2N3O2. The van der Waals surface area contributed by atoms with Crippen LogP contribution in [0.5, 0.6) is 11.6 Å². The molecule has 0 spiro atoms. The van der Waals surface area contributed by atoms with Crippen molar-refractivity contribution in [2.75, 3.05) is 13.1 Å². The van der Waals surface area contributed by atoms with Gasteiger partial charge in [-0.15, -0.1) is 0 Å². The van der Waals surface area contributed by atoms with Gasteiger partial charge in [0.25, 0.3) is 0 Å². The van der Waals surface area contributed by atoms with Crippen molar-refractivity contribution in [3.63, 3.8) is 0 Å². The molecule has 1 N–H and O–H groups in total. The Morgan fingerprint density at radius 1 is 1.03 bits per heavy atom. The van der Waals surface area contributed by atoms with Crippen molar-refractivity contribution in [3.8, 4) is 17.3 Å². The molecule has 0 bridgehead atoms. The first-order chi connectivity index (χ1) is 18.0. The van der Waals surface area contributed by atoms with Gasteiger partial charge in [-0.1, -0.05) is 48.5 Å². The summed E-state index contributed by atoms with van der Waals surface area (Å²) in [6.07, 6.45) is 2.38. The summed E-state index contributed by atoms with van der Waals surface area (Å²) in [5.74, 6) is -0.532. The number of aryl methyl sites for hydroxylation is 1. The van der Waals surface area contributed by atoms with Gasteiger partial charge in [-0.05, 0) is 61.9 Å². The Kier molecular flexibility index (Phi) is 7.63. The van der Waals surface area contributed by atoms with Gasteiger partial charge >= 0.3 is 0 Å². The average molecular weight is 504 g/mol. The van der Waals surface area contributed by atoms with E-state index in [4.69, 9.17) is 9.84 Å². The van der Waals surface area contributed by atoms with Gasteiger partial charge in [0.2, 0.25) is 5.88 Å². The van der Waals surface area contributed by atoms with Crippen molar-refractivity contribution in [2.24, 2.45) is 5.92 Å². The highest BCUT2D eigenvalue weighted by Gasteiger charge is 2.28. The molecule has 3 aromatic carbocycles. The molecule has 0 aliphatic heterocycles. The normalized spacial score (nSPS) is 14.2. The maximum absolute atomic E-state index is 14.6. The largest absolute Gasteiger partial charge is 0.435 e. The van der Waals surface area contributed by atoms with Crippen LogP contribution in [0.2, 0.25) is 0 Å². The van der Waals surface area contributed by atoms with Gasteiger partial charge in [0, 0.05) is 25.7 Å². The number of benzene rings is 3. The number of aromatic nitrogens is 2. The Hall–Kier alpha value is -3.55. The van der Waals surface area contributed by atoms with Crippen LogP contribution in [0.4, 0.5) is 8.78 Å². The molecule has 192 valence electrons. The third-order valence-electron chi connectivity index (χ3n) is 6.62. The second-order valence-electron chi connectivity index (χ2n) is 9.77. The summed E-state index contributed by atoms with van der Waals surface area (Å²) in [7, 11) is 0. The third kappa shape index (κ3) is 6.42. The minimum Gasteiger partial charge on any atom is -0.435 e. The van der Waals surface area contributed by atoms with Crippen LogP contribution in [0.3, 0.4) is 0 Å². The zero-order valence-corrected chi connectivity index (χ0v) is 20.9. The van der Waals surface area contributed by atoms with E-state index in [1.807, 2.05) is 67.6 Å². The molecular weight excluding hydrogens is 472 g/mol. The summed E-state index contributed by atoms with van der Waals surface area (Å²) in [6, 6.07) is 22.7. The number of nitrogens with zero attached hydrogens (tertiary/aromatic N) is 3. The molecule has 5 rings (SSSR count). The van der Waals surface area contributed by atoms with Crippen LogP contribution < -0.4 is 4.74 Å². The van der Waals surface area contributed by atoms with E-state index in [0.717, 1.165) is 35.1 Å². The predicted molar refractivity (Wildman–Crippen MR) is 139 cm³/mol. The maximum atomic E-state index is 14.6. The van der Waals surface area contributed by atoms with Crippen molar-refractivity contribution in [1.29, 1.82) is 0 Å². The van der Waals surface area contributed by atoms with Gasteiger partial charge in [0.05, 0.1) is 23.0 Å². The summed E-state index contributed by atoms with van der Waals surface area (Å²) >= 11 is 0. The third-order valence-corrected chi connectivity index (χ3v) is 6.62. The number of para-hydroxylation sites is 1. The SMILES string of the molecule is Cc1nn(-c2ccccc2)c(Oc2ccc(F)cc2F)c1CN(CC(O)Cc1ccccc1)CC1CC1. The second-order valence-corrected chi connectivity index (χ2v) is 9.77. The fourth-order valence-corrected chi connectivity index (χ4v) is 4.57. The number of hydrogen-bond acceptors (Lipinski definition) is 4. The lowest BCUT2D eigenvalue weighted by Gasteiger charge is -2.25. The quantitative estimate of drug-likeness (QED) is 0.270. The van der Waals surface area contributed by atoms with Gasteiger partial charge < -0.3 is 9.84 Å². The fraction of sp³-hybridized carbons (Fsp3) is 0.300. The van der Waals surface area contributed by atoms with Crippen molar-refractivity contribution in [3.05, 3.63) is 107 Å². The van der Waals surface area contributed by atoms with E-state index < -0.39 is 17.7 Å². The Morgan fingerprint density at radius 2 is 1.73 bits per heavy atom. The Labute approximate surface area is 215 Å². The summed E-state index contributed by atoms with van der Waals surface area (Å²) in [5.41, 5.74) is 3.41. The van der Waals surface area contributed by atoms with E-state index in [9.17, 15) is 13.9 Å². The molecule has 1 unspecified atom stereocenters. The first kappa shape index (κ1) is 25.1. The minimum atomic E-state index is -0.780. The molecule has 1 aromatic heterocycles. The molecule has 0 amide bonds. The van der Waals surface area contributed by atoms with Crippen molar-refractivity contribution in [1.82, 2.24) is 14.7 Å². The molecule has 1 aliphatic rings. The second kappa shape index (κ2) is 11.2. The first-order valence-corrected chi connectivity index (χ1v) is 12.7. The van der Waals surface area contributed by atoms with Gasteiger partial charge in [-0.3, -0.25) is 4.90 Å². The average Bonchev–Trinajstić information content (AvgIpc) is 3.65. The highest BCUT2D eigenvalue weighted by Crippen LogP contribution is 2.35. The molecule has 1 fully saturated rings. The number of hydrogen-bond donors (Lipinski definition) is 1. The van der Waals surface area contributed by atoms with Crippen molar-refractivity contribution in [2.45, 2.75) is 38.8 Å². The monoisotopic (exact) mass is 503 g/mol. The summed E-state index contributed by atoms with van der Waals surface area (Å²) < 4.78 is 35.9. The number of rotatable bonds is 11. The van der Waals surface area contributed by atoms with Crippen LogP contribution in [-0.4, -0.2) is 39.0 Å². The molecule has 1 heterocycles. The summed E-state index contributed by atoms with van der Waals surface area (Å²) in [4.78, 5) is 2.23. The van der Waals surface area contributed by atoms with Crippen LogP contribution in [0, 0.1) is 24.5 Å². The van der Waals surface area contributed by atoms with E-state index in [1.165, 1.54) is 25.0 Å². The smallest absolute Gasteiger partial charge is 0.227 e. The molecule has 4 aromatic rings. The van der Waals surface area contributed by atoms with Crippen molar-refractivity contribution >= 4 is 0 Å². The molecule has 0 radical (unpaired) electrons. The molecule has 37 heavy (non-hydrogen) atoms. The van der Waals surface area contributed by atoms with Crippen LogP contribution in [0.15, 0.2) is 78.9 Å². The Bertz CT molecular complexity index is 1320. The van der Waals surface area contributed by atoms with Crippen LogP contribution in [0.25, 0.3) is 5.69 Å². The van der Waals surface area contributed by atoms with E-state index >= 15 is 0 Å². The van der Waals surface area contributed by atoms with E-state index in [2.05, 4.69) is 4.90 Å². The zero-order valence-electron chi connectivity index (χ0n) is 20.9. The summed E-state index contributed by atoms with van der Waals surface area (Å²) in [5, 5.41) is 15.6. The van der Waals surface area contributed by atoms with E-state index in [-0.39, 0.29) is 5.75 Å². The van der Waals surface area contributed by atoms with Gasteiger partial charge in [0.1, 0.15) is 5.82 Å². The fourth-order valence-electron chi connectivity index (χ4n) is 4.57. The van der Waals surface area contributed by atoms with Gasteiger partial charge in [-0.2, -0.15) is 5.10 Å². The van der Waals surface area contributed by atoms with E-state index in [0.29, 0.717) is 31.3 Å². The van der Waals surface area contributed by atoms with Crippen LogP contribution >= 0.6 is 0 Å². The van der Waals surface area contributed by atoms with Gasteiger partial charge in [0.15, 0.2) is 11.6 Å². The topological polar surface area (TPSA) is 50.5 Å². The Morgan fingerprint density at radius 3 is 2.41 bits per heavy atom. The van der Waals surface area contributed by atoms with Crippen LogP contribution in [-0.2, 0) is 13.0 Å². The minimum absolute atomic E-state index is 0.0717. The zero-order chi connectivity index (χ0) is 25.8. The Balaban J connectivity index is 1.45. The summed E-state index contributed by atoms with van der Waals surface area (Å²) in [6.45, 7) is 3.73. The molecule has 0 saturated heterocycles. The molecule has 7 heteroatoms. The van der Waals surface area contributed by atoms with Crippen LogP contribution in [0.1, 0.15) is 29.7 Å². The molecule has 1 saturated carbocycles. The highest BCUT2D eigenvalue weighted by atomic mass is 19.1. The number of aliphatic hydroxyl groups excluding tert-OH is 1. The molecule has 1 aliphatic carbocycles. The number of halogens is 2. The maximum Gasteiger partial charge on any atom is 0.227 e. The standard InChI is InChI=1S/C30H31F2N3O2/c1-21-27(20-34(18-23-12-13-23)19-26(36)16-22-8-4-2-5-9-22)30(35(33-21)25-10-6-3-7-11-25)37-29-15-14-24(31)17-28(29)32/h2-11,14-15,17,23,26,36H,12-13,16,18-20H2,1H3. The van der Waals surface area contributed by atoms with E-state index in [1.54, 1.807) is 4.68 Å². The number of ether oxygens (including phenoxy) is 1. The predicted octanol–water partition coefficient (Wildman–Crippen LogP) is 6.07. The molecule has 1 atom stereocenters. The first-order valence-electron chi connectivity index (χ1n) is 12.7. The number of aliphatic hydroxyl groups is 1. The molecule has 5 nitrogen and oxygen atoms in total. The highest BCUT2D eigenvalue weighted by molar-refractivity contribution is 5.43. The van der Waals surface area contributed by atoms with Gasteiger partial charge in [-0.25, -0.2) is 13.5 Å². The van der Waals surface area contributed by atoms with Crippen molar-refractivity contribution < 1.29 is 18.6 Å². The lowest BCUT2D eigenvalue weighted by molar-refractivity contribution is 0.105. The lowest BCUT2D eigenvalue weighted by atomic mass is 10.1. The lowest BCUT2D eigenvalue weighted by Crippen LogP contribution is -2.35.